The third kappa shape index (κ3) is 3.73. The van der Waals surface area contributed by atoms with Gasteiger partial charge in [0, 0.05) is 17.0 Å². The van der Waals surface area contributed by atoms with E-state index in [4.69, 9.17) is 39.5 Å². The molecule has 0 saturated carbocycles. The molecule has 0 N–H and O–H groups in total. The number of hydrogen-bond donors (Lipinski definition) is 0. The molecule has 1 fully saturated rings. The quantitative estimate of drug-likeness (QED) is 0.139. The highest BCUT2D eigenvalue weighted by Gasteiger charge is 2.73. The van der Waals surface area contributed by atoms with E-state index in [0.29, 0.717) is 32.8 Å². The minimum Gasteiger partial charge on any atom is -0.459 e. The number of halogens is 3. The maximum atomic E-state index is 14.5. The zero-order valence-electron chi connectivity index (χ0n) is 22.2. The predicted octanol–water partition coefficient (Wildman–Crippen LogP) is 6.59. The molecular formula is C34H24Cl3NO4. The molecule has 0 unspecified atom stereocenters. The largest absolute Gasteiger partial charge is 0.459 e. The normalized spacial score (nSPS) is 25.9. The number of esters is 1. The molecule has 4 aliphatic rings. The van der Waals surface area contributed by atoms with Crippen LogP contribution in [0, 0.1) is 11.8 Å². The number of imide groups is 1. The Bertz CT molecular complexity index is 1640. The molecule has 4 aromatic carbocycles. The third-order valence-electron chi connectivity index (χ3n) is 8.80. The summed E-state index contributed by atoms with van der Waals surface area (Å²) >= 11 is 21.4. The summed E-state index contributed by atoms with van der Waals surface area (Å²) in [6.07, 6.45) is 0.0730. The van der Waals surface area contributed by atoms with Crippen molar-refractivity contribution in [1.82, 2.24) is 4.90 Å². The fourth-order valence-electron chi connectivity index (χ4n) is 6.97. The van der Waals surface area contributed by atoms with Crippen molar-refractivity contribution in [3.05, 3.63) is 142 Å². The minimum atomic E-state index is -1.34. The second-order valence-corrected chi connectivity index (χ2v) is 12.5. The number of carbonyl (C=O) groups excluding carboxylic acids is 3. The lowest BCUT2D eigenvalue weighted by molar-refractivity contribution is -0.159. The Labute approximate surface area is 258 Å². The van der Waals surface area contributed by atoms with Crippen LogP contribution in [0.3, 0.4) is 0 Å². The number of hydrogen-bond acceptors (Lipinski definition) is 4. The molecule has 1 heterocycles. The van der Waals surface area contributed by atoms with Crippen molar-refractivity contribution in [3.8, 4) is 0 Å². The highest BCUT2D eigenvalue weighted by molar-refractivity contribution is 6.36. The second-order valence-electron chi connectivity index (χ2n) is 10.9. The Morgan fingerprint density at radius 3 is 1.67 bits per heavy atom. The van der Waals surface area contributed by atoms with Gasteiger partial charge in [0.05, 0.1) is 11.8 Å². The van der Waals surface area contributed by atoms with Crippen LogP contribution in [0.2, 0.25) is 5.02 Å². The average molecular weight is 617 g/mol. The van der Waals surface area contributed by atoms with Gasteiger partial charge in [0.1, 0.15) is 22.4 Å². The van der Waals surface area contributed by atoms with Gasteiger partial charge < -0.3 is 4.74 Å². The van der Waals surface area contributed by atoms with E-state index in [2.05, 4.69) is 0 Å². The number of benzene rings is 4. The standard InChI is InChI=1S/C34H24Cl3NO4/c35-26-17-9-4-12-21(26)19-42-32(41)27(18-20-10-2-1-3-11-20)38-30(39)28-29(31(38)40)34(37)23-14-6-5-13-22(23)33(28,36)24-15-7-8-16-25(24)34/h1-17,27-29H,18-19H2/t27-,28-,29+,33?,34?/m0/s1. The zero-order valence-corrected chi connectivity index (χ0v) is 24.4. The lowest BCUT2D eigenvalue weighted by atomic mass is 9.54. The average Bonchev–Trinajstić information content (AvgIpc) is 3.29. The number of nitrogens with zero attached hydrogens (tertiary/aromatic N) is 1. The molecule has 1 aliphatic heterocycles. The van der Waals surface area contributed by atoms with Crippen LogP contribution in [0.15, 0.2) is 103 Å². The molecule has 2 amide bonds. The highest BCUT2D eigenvalue weighted by Crippen LogP contribution is 2.69. The van der Waals surface area contributed by atoms with Crippen molar-refractivity contribution in [1.29, 1.82) is 0 Å². The molecular weight excluding hydrogens is 593 g/mol. The predicted molar refractivity (Wildman–Crippen MR) is 160 cm³/mol. The van der Waals surface area contributed by atoms with E-state index in [1.807, 2.05) is 78.9 Å². The summed E-state index contributed by atoms with van der Waals surface area (Å²) in [5.41, 5.74) is 4.18. The van der Waals surface area contributed by atoms with E-state index in [1.54, 1.807) is 24.3 Å². The van der Waals surface area contributed by atoms with Gasteiger partial charge in [-0.25, -0.2) is 4.79 Å². The van der Waals surface area contributed by atoms with E-state index in [1.165, 1.54) is 0 Å². The van der Waals surface area contributed by atoms with Gasteiger partial charge in [-0.2, -0.15) is 0 Å². The fraction of sp³-hybridized carbons (Fsp3) is 0.206. The summed E-state index contributed by atoms with van der Waals surface area (Å²) in [6, 6.07) is 29.9. The molecule has 0 radical (unpaired) electrons. The van der Waals surface area contributed by atoms with Gasteiger partial charge in [0.2, 0.25) is 11.8 Å². The topological polar surface area (TPSA) is 63.7 Å². The van der Waals surface area contributed by atoms with E-state index >= 15 is 0 Å². The van der Waals surface area contributed by atoms with E-state index in [9.17, 15) is 14.4 Å². The Morgan fingerprint density at radius 2 is 1.17 bits per heavy atom. The van der Waals surface area contributed by atoms with E-state index in [0.717, 1.165) is 10.5 Å². The number of rotatable bonds is 6. The number of alkyl halides is 2. The van der Waals surface area contributed by atoms with Crippen molar-refractivity contribution >= 4 is 52.6 Å². The lowest BCUT2D eigenvalue weighted by Gasteiger charge is -2.54. The summed E-state index contributed by atoms with van der Waals surface area (Å²) in [5, 5.41) is 0.449. The Kier molecular flexibility index (Phi) is 6.46. The van der Waals surface area contributed by atoms with E-state index < -0.39 is 45.4 Å². The molecule has 5 nitrogen and oxygen atoms in total. The summed E-state index contributed by atoms with van der Waals surface area (Å²) < 4.78 is 5.71. The van der Waals surface area contributed by atoms with Gasteiger partial charge in [-0.15, -0.1) is 23.2 Å². The molecule has 3 atom stereocenters. The SMILES string of the molecule is O=C(OCc1ccccc1Cl)[C@H](Cc1ccccc1)N1C(=O)[C@@H]2[C@H](C1=O)C1(Cl)c3ccccc3C2(Cl)c2ccccc21. The molecule has 0 aromatic heterocycles. The van der Waals surface area contributed by atoms with Crippen LogP contribution in [-0.4, -0.2) is 28.7 Å². The summed E-state index contributed by atoms with van der Waals surface area (Å²) in [6.45, 7) is -0.108. The van der Waals surface area contributed by atoms with Crippen molar-refractivity contribution in [2.75, 3.05) is 0 Å². The maximum absolute atomic E-state index is 14.5. The van der Waals surface area contributed by atoms with E-state index in [-0.39, 0.29) is 13.0 Å². The number of ether oxygens (including phenoxy) is 1. The molecule has 0 spiro atoms. The van der Waals surface area contributed by atoms with Gasteiger partial charge in [-0.3, -0.25) is 14.5 Å². The molecule has 1 saturated heterocycles. The first-order valence-corrected chi connectivity index (χ1v) is 14.8. The first-order chi connectivity index (χ1) is 20.3. The number of amides is 2. The van der Waals surface area contributed by atoms with Crippen molar-refractivity contribution in [2.24, 2.45) is 11.8 Å². The minimum absolute atomic E-state index is 0.0730. The van der Waals surface area contributed by atoms with Gasteiger partial charge in [-0.05, 0) is 33.9 Å². The van der Waals surface area contributed by atoms with Gasteiger partial charge in [-0.1, -0.05) is 109 Å². The first-order valence-electron chi connectivity index (χ1n) is 13.7. The van der Waals surface area contributed by atoms with Gasteiger partial charge in [0.15, 0.2) is 0 Å². The Hall–Kier alpha value is -3.64. The van der Waals surface area contributed by atoms with Crippen molar-refractivity contribution in [2.45, 2.75) is 28.8 Å². The smallest absolute Gasteiger partial charge is 0.330 e. The van der Waals surface area contributed by atoms with Crippen LogP contribution < -0.4 is 0 Å². The lowest BCUT2D eigenvalue weighted by Crippen LogP contribution is -2.57. The van der Waals surface area contributed by atoms with Crippen LogP contribution in [0.5, 0.6) is 0 Å². The van der Waals surface area contributed by atoms with Crippen molar-refractivity contribution < 1.29 is 19.1 Å². The molecule has 4 aromatic rings. The first kappa shape index (κ1) is 27.2. The number of carbonyl (C=O) groups is 3. The van der Waals surface area contributed by atoms with Crippen LogP contribution in [0.1, 0.15) is 33.4 Å². The second kappa shape index (κ2) is 9.98. The monoisotopic (exact) mass is 615 g/mol. The zero-order chi connectivity index (χ0) is 29.2. The maximum Gasteiger partial charge on any atom is 0.330 e. The number of likely N-dealkylation sites (tertiary alicyclic amines) is 1. The molecule has 8 rings (SSSR count). The molecule has 210 valence electrons. The third-order valence-corrected chi connectivity index (χ3v) is 10.5. The Morgan fingerprint density at radius 1 is 0.714 bits per heavy atom. The summed E-state index contributed by atoms with van der Waals surface area (Å²) in [4.78, 5) is 41.2. The molecule has 42 heavy (non-hydrogen) atoms. The van der Waals surface area contributed by atoms with Crippen LogP contribution in [0.4, 0.5) is 0 Å². The summed E-state index contributed by atoms with van der Waals surface area (Å²) in [5.74, 6) is -3.81. The van der Waals surface area contributed by atoms with Crippen LogP contribution >= 0.6 is 34.8 Å². The summed E-state index contributed by atoms with van der Waals surface area (Å²) in [7, 11) is 0. The molecule has 3 aliphatic carbocycles. The van der Waals surface area contributed by atoms with Crippen molar-refractivity contribution in [3.63, 3.8) is 0 Å². The van der Waals surface area contributed by atoms with Crippen LogP contribution in [-0.2, 0) is 41.9 Å². The van der Waals surface area contributed by atoms with Gasteiger partial charge >= 0.3 is 5.97 Å². The highest BCUT2D eigenvalue weighted by atomic mass is 35.5. The molecule has 8 heteroatoms. The van der Waals surface area contributed by atoms with Gasteiger partial charge in [0.25, 0.3) is 0 Å². The Balaban J connectivity index is 1.33. The fourth-order valence-corrected chi connectivity index (χ4v) is 8.26. The molecule has 2 bridgehead atoms. The van der Waals surface area contributed by atoms with Crippen LogP contribution in [0.25, 0.3) is 0 Å².